The van der Waals surface area contributed by atoms with Crippen LogP contribution in [-0.2, 0) is 17.1 Å². The molecule has 9 heteroatoms. The minimum Gasteiger partial charge on any atom is -0.478 e. The molecule has 7 nitrogen and oxygen atoms in total. The average Bonchev–Trinajstić information content (AvgIpc) is 3.01. The van der Waals surface area contributed by atoms with E-state index in [4.69, 9.17) is 5.11 Å². The van der Waals surface area contributed by atoms with Crippen molar-refractivity contribution in [1.82, 2.24) is 9.55 Å². The fraction of sp³-hybridized carbons (Fsp3) is 0.111. The summed E-state index contributed by atoms with van der Waals surface area (Å²) in [4.78, 5) is 16.2. The summed E-state index contributed by atoms with van der Waals surface area (Å²) in [5.41, 5.74) is 0.775. The van der Waals surface area contributed by atoms with Crippen molar-refractivity contribution < 1.29 is 18.3 Å². The first-order valence-corrected chi connectivity index (χ1v) is 10.2. The molecule has 0 unspecified atom stereocenters. The lowest BCUT2D eigenvalue weighted by Gasteiger charge is -2.11. The molecule has 27 heavy (non-hydrogen) atoms. The summed E-state index contributed by atoms with van der Waals surface area (Å²) in [7, 11) is -2.01. The SMILES string of the molecule is Cc1ccc(C(=O)O)cc1S(=O)(=O)Nc1ccc(Sc2nccn2C)cc1. The Hall–Kier alpha value is -2.78. The number of carbonyl (C=O) groups is 1. The molecule has 2 N–H and O–H groups in total. The largest absolute Gasteiger partial charge is 0.478 e. The molecule has 3 aromatic rings. The standard InChI is InChI=1S/C18H17N3O4S2/c1-12-3-4-13(17(22)23)11-16(12)27(24,25)20-14-5-7-15(8-6-14)26-18-19-9-10-21(18)2/h3-11,20H,1-2H3,(H,22,23). The van der Waals surface area contributed by atoms with E-state index in [1.807, 2.05) is 17.8 Å². The maximum atomic E-state index is 12.7. The zero-order valence-corrected chi connectivity index (χ0v) is 16.2. The van der Waals surface area contributed by atoms with Crippen molar-refractivity contribution in [3.05, 3.63) is 66.0 Å². The molecule has 0 fully saturated rings. The molecule has 0 atom stereocenters. The Balaban J connectivity index is 1.81. The molecule has 0 aliphatic heterocycles. The van der Waals surface area contributed by atoms with E-state index in [1.54, 1.807) is 37.4 Å². The predicted molar refractivity (Wildman–Crippen MR) is 103 cm³/mol. The van der Waals surface area contributed by atoms with Crippen LogP contribution in [0.3, 0.4) is 0 Å². The Morgan fingerprint density at radius 3 is 2.48 bits per heavy atom. The number of aryl methyl sites for hydroxylation is 2. The van der Waals surface area contributed by atoms with Gasteiger partial charge < -0.3 is 9.67 Å². The van der Waals surface area contributed by atoms with Gasteiger partial charge in [0.15, 0.2) is 5.16 Å². The quantitative estimate of drug-likeness (QED) is 0.654. The molecule has 2 aromatic carbocycles. The number of benzene rings is 2. The van der Waals surface area contributed by atoms with Crippen LogP contribution in [0.15, 0.2) is 69.8 Å². The predicted octanol–water partition coefficient (Wildman–Crippen LogP) is 3.38. The average molecular weight is 403 g/mol. The van der Waals surface area contributed by atoms with E-state index in [0.717, 1.165) is 16.1 Å². The number of aromatic carboxylic acids is 1. The van der Waals surface area contributed by atoms with Crippen LogP contribution >= 0.6 is 11.8 Å². The van der Waals surface area contributed by atoms with E-state index in [2.05, 4.69) is 9.71 Å². The normalized spacial score (nSPS) is 11.3. The van der Waals surface area contributed by atoms with Gasteiger partial charge in [0.25, 0.3) is 10.0 Å². The molecule has 0 aliphatic carbocycles. The summed E-state index contributed by atoms with van der Waals surface area (Å²) < 4.78 is 29.7. The van der Waals surface area contributed by atoms with Crippen molar-refractivity contribution in [1.29, 1.82) is 0 Å². The Labute approximate surface area is 161 Å². The summed E-state index contributed by atoms with van der Waals surface area (Å²) in [5.74, 6) is -1.18. The minimum absolute atomic E-state index is 0.0612. The molecule has 0 aliphatic rings. The van der Waals surface area contributed by atoms with Gasteiger partial charge >= 0.3 is 5.97 Å². The molecule has 0 saturated heterocycles. The Morgan fingerprint density at radius 2 is 1.89 bits per heavy atom. The number of nitrogens with one attached hydrogen (secondary N) is 1. The lowest BCUT2D eigenvalue weighted by atomic mass is 10.1. The topological polar surface area (TPSA) is 101 Å². The van der Waals surface area contributed by atoms with Crippen LogP contribution < -0.4 is 4.72 Å². The maximum Gasteiger partial charge on any atom is 0.335 e. The van der Waals surface area contributed by atoms with Gasteiger partial charge in [-0.2, -0.15) is 0 Å². The minimum atomic E-state index is -3.91. The molecule has 0 amide bonds. The number of rotatable bonds is 6. The van der Waals surface area contributed by atoms with Crippen LogP contribution in [0.2, 0.25) is 0 Å². The van der Waals surface area contributed by atoms with Crippen LogP contribution in [0.5, 0.6) is 0 Å². The van der Waals surface area contributed by atoms with Gasteiger partial charge in [-0.15, -0.1) is 0 Å². The van der Waals surface area contributed by atoms with Crippen LogP contribution in [0.4, 0.5) is 5.69 Å². The zero-order valence-electron chi connectivity index (χ0n) is 14.6. The van der Waals surface area contributed by atoms with Crippen LogP contribution in [0, 0.1) is 6.92 Å². The van der Waals surface area contributed by atoms with Crippen LogP contribution in [0.25, 0.3) is 0 Å². The van der Waals surface area contributed by atoms with E-state index in [0.29, 0.717) is 11.3 Å². The van der Waals surface area contributed by atoms with Crippen molar-refractivity contribution >= 4 is 33.4 Å². The Bertz CT molecular complexity index is 1090. The summed E-state index contributed by atoms with van der Waals surface area (Å²) in [6, 6.07) is 10.9. The molecule has 0 bridgehead atoms. The van der Waals surface area contributed by atoms with Gasteiger partial charge in [-0.1, -0.05) is 17.8 Å². The first-order valence-electron chi connectivity index (χ1n) is 7.88. The summed E-state index contributed by atoms with van der Waals surface area (Å²) >= 11 is 1.46. The number of nitrogens with zero attached hydrogens (tertiary/aromatic N) is 2. The summed E-state index contributed by atoms with van der Waals surface area (Å²) in [6.45, 7) is 1.62. The Kier molecular flexibility index (Phi) is 5.24. The van der Waals surface area contributed by atoms with Gasteiger partial charge in [0.05, 0.1) is 10.5 Å². The zero-order chi connectivity index (χ0) is 19.6. The smallest absolute Gasteiger partial charge is 0.335 e. The van der Waals surface area contributed by atoms with E-state index in [1.165, 1.54) is 23.9 Å². The number of sulfonamides is 1. The molecular weight excluding hydrogens is 386 g/mol. The number of hydrogen-bond donors (Lipinski definition) is 2. The third-order valence-electron chi connectivity index (χ3n) is 3.82. The maximum absolute atomic E-state index is 12.7. The fourth-order valence-corrected chi connectivity index (χ4v) is 4.51. The molecule has 1 aromatic heterocycles. The monoisotopic (exact) mass is 403 g/mol. The molecular formula is C18H17N3O4S2. The number of aromatic nitrogens is 2. The molecule has 0 saturated carbocycles. The highest BCUT2D eigenvalue weighted by molar-refractivity contribution is 7.99. The number of carboxylic acids is 1. The number of anilines is 1. The second kappa shape index (κ2) is 7.45. The molecule has 0 radical (unpaired) electrons. The second-order valence-electron chi connectivity index (χ2n) is 5.84. The van der Waals surface area contributed by atoms with E-state index < -0.39 is 16.0 Å². The van der Waals surface area contributed by atoms with Gasteiger partial charge in [0.2, 0.25) is 0 Å². The van der Waals surface area contributed by atoms with Crippen molar-refractivity contribution in [3.8, 4) is 0 Å². The number of hydrogen-bond acceptors (Lipinski definition) is 5. The highest BCUT2D eigenvalue weighted by Gasteiger charge is 2.19. The fourth-order valence-electron chi connectivity index (χ4n) is 2.38. The second-order valence-corrected chi connectivity index (χ2v) is 8.53. The van der Waals surface area contributed by atoms with E-state index in [-0.39, 0.29) is 10.5 Å². The summed E-state index contributed by atoms with van der Waals surface area (Å²) in [5, 5.41) is 9.91. The third kappa shape index (κ3) is 4.32. The summed E-state index contributed by atoms with van der Waals surface area (Å²) in [6.07, 6.45) is 3.55. The number of imidazole rings is 1. The van der Waals surface area contributed by atoms with Crippen molar-refractivity contribution in [3.63, 3.8) is 0 Å². The van der Waals surface area contributed by atoms with Gasteiger partial charge in [-0.3, -0.25) is 4.72 Å². The first kappa shape index (κ1) is 19.0. The molecule has 140 valence electrons. The number of carboxylic acid groups (broad SMARTS) is 1. The first-order chi connectivity index (χ1) is 12.8. The lowest BCUT2D eigenvalue weighted by molar-refractivity contribution is 0.0696. The highest BCUT2D eigenvalue weighted by Crippen LogP contribution is 2.28. The highest BCUT2D eigenvalue weighted by atomic mass is 32.2. The molecule has 0 spiro atoms. The van der Waals surface area contributed by atoms with E-state index in [9.17, 15) is 13.2 Å². The van der Waals surface area contributed by atoms with Gasteiger partial charge in [-0.25, -0.2) is 18.2 Å². The van der Waals surface area contributed by atoms with Crippen molar-refractivity contribution in [2.75, 3.05) is 4.72 Å². The van der Waals surface area contributed by atoms with Gasteiger partial charge in [0.1, 0.15) is 0 Å². The van der Waals surface area contributed by atoms with Gasteiger partial charge in [0, 0.05) is 30.0 Å². The van der Waals surface area contributed by atoms with Crippen molar-refractivity contribution in [2.24, 2.45) is 7.05 Å². The van der Waals surface area contributed by atoms with Crippen LogP contribution in [-0.4, -0.2) is 29.0 Å². The van der Waals surface area contributed by atoms with Crippen molar-refractivity contribution in [2.45, 2.75) is 21.9 Å². The van der Waals surface area contributed by atoms with Gasteiger partial charge in [-0.05, 0) is 48.9 Å². The Morgan fingerprint density at radius 1 is 1.19 bits per heavy atom. The third-order valence-corrected chi connectivity index (χ3v) is 6.42. The van der Waals surface area contributed by atoms with E-state index >= 15 is 0 Å². The molecule has 1 heterocycles. The molecule has 3 rings (SSSR count). The lowest BCUT2D eigenvalue weighted by Crippen LogP contribution is -2.15. The van der Waals surface area contributed by atoms with Crippen LogP contribution in [0.1, 0.15) is 15.9 Å².